The molecule has 108 valence electrons. The Bertz CT molecular complexity index is 857. The highest BCUT2D eigenvalue weighted by atomic mass is 16.2. The van der Waals surface area contributed by atoms with Crippen LogP contribution in [0.15, 0.2) is 23.0 Å². The van der Waals surface area contributed by atoms with Crippen LogP contribution in [0.1, 0.15) is 36.2 Å². The number of hydrogen-bond acceptors (Lipinski definition) is 4. The SMILES string of the molecule is CC(C)c1nc(C(=O)Nc2ccc3[nH]c(=O)[nH]c3c2)n[nH]1. The molecule has 0 saturated heterocycles. The van der Waals surface area contributed by atoms with Crippen LogP contribution >= 0.6 is 0 Å². The first kappa shape index (κ1) is 13.1. The van der Waals surface area contributed by atoms with Crippen molar-refractivity contribution < 1.29 is 4.79 Å². The van der Waals surface area contributed by atoms with Gasteiger partial charge in [-0.05, 0) is 18.2 Å². The van der Waals surface area contributed by atoms with E-state index in [1.54, 1.807) is 18.2 Å². The van der Waals surface area contributed by atoms with Crippen LogP contribution < -0.4 is 11.0 Å². The van der Waals surface area contributed by atoms with Gasteiger partial charge < -0.3 is 15.3 Å². The first-order valence-corrected chi connectivity index (χ1v) is 6.48. The van der Waals surface area contributed by atoms with Gasteiger partial charge in [-0.25, -0.2) is 9.78 Å². The summed E-state index contributed by atoms with van der Waals surface area (Å²) in [5.74, 6) is 0.502. The van der Waals surface area contributed by atoms with E-state index in [0.717, 1.165) is 0 Å². The smallest absolute Gasteiger partial charge is 0.319 e. The van der Waals surface area contributed by atoms with Crippen LogP contribution in [-0.2, 0) is 0 Å². The van der Waals surface area contributed by atoms with Crippen LogP contribution in [0.4, 0.5) is 5.69 Å². The summed E-state index contributed by atoms with van der Waals surface area (Å²) in [5.41, 5.74) is 1.57. The Labute approximate surface area is 119 Å². The van der Waals surface area contributed by atoms with Gasteiger partial charge in [0.1, 0.15) is 5.82 Å². The van der Waals surface area contributed by atoms with Crippen molar-refractivity contribution in [3.8, 4) is 0 Å². The van der Waals surface area contributed by atoms with Crippen molar-refractivity contribution >= 4 is 22.6 Å². The number of amides is 1. The Hall–Kier alpha value is -2.90. The number of imidazole rings is 1. The summed E-state index contributed by atoms with van der Waals surface area (Å²) >= 11 is 0. The van der Waals surface area contributed by atoms with Gasteiger partial charge in [-0.1, -0.05) is 13.8 Å². The maximum atomic E-state index is 12.1. The first-order chi connectivity index (χ1) is 10.0. The molecule has 0 aliphatic carbocycles. The zero-order valence-electron chi connectivity index (χ0n) is 11.5. The molecule has 21 heavy (non-hydrogen) atoms. The molecule has 0 fully saturated rings. The molecular weight excluding hydrogens is 272 g/mol. The third-order valence-corrected chi connectivity index (χ3v) is 3.03. The number of nitrogens with one attached hydrogen (secondary N) is 4. The van der Waals surface area contributed by atoms with E-state index in [4.69, 9.17) is 0 Å². The Morgan fingerprint density at radius 3 is 2.71 bits per heavy atom. The second-order valence-electron chi connectivity index (χ2n) is 4.99. The van der Waals surface area contributed by atoms with Gasteiger partial charge in [-0.2, -0.15) is 0 Å². The molecule has 0 unspecified atom stereocenters. The van der Waals surface area contributed by atoms with Crippen LogP contribution in [0.25, 0.3) is 11.0 Å². The fourth-order valence-corrected chi connectivity index (χ4v) is 1.93. The molecule has 0 radical (unpaired) electrons. The number of rotatable bonds is 3. The highest BCUT2D eigenvalue weighted by Gasteiger charge is 2.14. The zero-order valence-corrected chi connectivity index (χ0v) is 11.5. The third kappa shape index (κ3) is 2.55. The van der Waals surface area contributed by atoms with Crippen molar-refractivity contribution in [1.29, 1.82) is 0 Å². The van der Waals surface area contributed by atoms with Crippen LogP contribution in [0, 0.1) is 0 Å². The summed E-state index contributed by atoms with van der Waals surface area (Å²) in [6, 6.07) is 5.07. The van der Waals surface area contributed by atoms with Crippen LogP contribution in [0.3, 0.4) is 0 Å². The van der Waals surface area contributed by atoms with Crippen LogP contribution in [0.2, 0.25) is 0 Å². The molecule has 2 heterocycles. The Kier molecular flexibility index (Phi) is 3.05. The van der Waals surface area contributed by atoms with Crippen molar-refractivity contribution in [3.05, 3.63) is 40.3 Å². The number of carbonyl (C=O) groups excluding carboxylic acids is 1. The Balaban J connectivity index is 1.83. The van der Waals surface area contributed by atoms with Gasteiger partial charge in [-0.3, -0.25) is 9.89 Å². The molecule has 0 saturated carbocycles. The van der Waals surface area contributed by atoms with E-state index >= 15 is 0 Å². The first-order valence-electron chi connectivity index (χ1n) is 6.48. The predicted octanol–water partition coefficient (Wildman–Crippen LogP) is 1.35. The van der Waals surface area contributed by atoms with Gasteiger partial charge in [0.05, 0.1) is 11.0 Å². The molecule has 8 heteroatoms. The quantitative estimate of drug-likeness (QED) is 0.581. The van der Waals surface area contributed by atoms with E-state index in [0.29, 0.717) is 22.5 Å². The third-order valence-electron chi connectivity index (χ3n) is 3.03. The molecule has 2 aromatic heterocycles. The zero-order chi connectivity index (χ0) is 15.0. The summed E-state index contributed by atoms with van der Waals surface area (Å²) in [4.78, 5) is 32.6. The summed E-state index contributed by atoms with van der Waals surface area (Å²) < 4.78 is 0. The summed E-state index contributed by atoms with van der Waals surface area (Å²) in [5, 5.41) is 9.31. The average Bonchev–Trinajstić information content (AvgIpc) is 3.03. The maximum absolute atomic E-state index is 12.1. The van der Waals surface area contributed by atoms with Crippen LogP contribution in [-0.4, -0.2) is 31.1 Å². The second-order valence-corrected chi connectivity index (χ2v) is 4.99. The lowest BCUT2D eigenvalue weighted by Gasteiger charge is -2.02. The molecule has 0 aliphatic rings. The molecule has 0 bridgehead atoms. The Morgan fingerprint density at radius 2 is 2.00 bits per heavy atom. The van der Waals surface area contributed by atoms with Gasteiger partial charge >= 0.3 is 5.69 Å². The molecule has 0 aliphatic heterocycles. The summed E-state index contributed by atoms with van der Waals surface area (Å²) in [6.07, 6.45) is 0. The standard InChI is InChI=1S/C13H14N6O2/c1-6(2)10-17-11(19-18-10)12(20)14-7-3-4-8-9(5-7)16-13(21)15-8/h3-6H,1-2H3,(H,14,20)(H2,15,16,21)(H,17,18,19). The topological polar surface area (TPSA) is 119 Å². The van der Waals surface area contributed by atoms with Crippen molar-refractivity contribution in [2.45, 2.75) is 19.8 Å². The fourth-order valence-electron chi connectivity index (χ4n) is 1.93. The lowest BCUT2D eigenvalue weighted by Crippen LogP contribution is -2.13. The molecule has 1 amide bonds. The number of nitrogens with zero attached hydrogens (tertiary/aromatic N) is 2. The van der Waals surface area contributed by atoms with E-state index < -0.39 is 5.91 Å². The lowest BCUT2D eigenvalue weighted by molar-refractivity contribution is 0.101. The van der Waals surface area contributed by atoms with Crippen molar-refractivity contribution in [2.24, 2.45) is 0 Å². The molecule has 0 atom stereocenters. The molecule has 1 aromatic carbocycles. The van der Waals surface area contributed by atoms with Crippen molar-refractivity contribution in [3.63, 3.8) is 0 Å². The van der Waals surface area contributed by atoms with E-state index in [-0.39, 0.29) is 17.4 Å². The number of carbonyl (C=O) groups is 1. The van der Waals surface area contributed by atoms with Crippen molar-refractivity contribution in [2.75, 3.05) is 5.32 Å². The molecule has 0 spiro atoms. The molecule has 3 rings (SSSR count). The van der Waals surface area contributed by atoms with Gasteiger partial charge in [0.15, 0.2) is 0 Å². The average molecular weight is 286 g/mol. The molecule has 4 N–H and O–H groups in total. The van der Waals surface area contributed by atoms with Gasteiger partial charge in [-0.15, -0.1) is 5.10 Å². The molecule has 8 nitrogen and oxygen atoms in total. The summed E-state index contributed by atoms with van der Waals surface area (Å²) in [6.45, 7) is 3.91. The largest absolute Gasteiger partial charge is 0.323 e. The second kappa shape index (κ2) is 4.89. The number of aromatic amines is 3. The van der Waals surface area contributed by atoms with E-state index in [1.165, 1.54) is 0 Å². The van der Waals surface area contributed by atoms with Gasteiger partial charge in [0, 0.05) is 11.6 Å². The predicted molar refractivity (Wildman–Crippen MR) is 77.3 cm³/mol. The van der Waals surface area contributed by atoms with Gasteiger partial charge in [0.2, 0.25) is 5.82 Å². The number of H-pyrrole nitrogens is 3. The fraction of sp³-hybridized carbons (Fsp3) is 0.231. The normalized spacial score (nSPS) is 11.2. The number of aromatic nitrogens is 5. The van der Waals surface area contributed by atoms with E-state index in [2.05, 4.69) is 30.5 Å². The summed E-state index contributed by atoms with van der Waals surface area (Å²) in [7, 11) is 0. The highest BCUT2D eigenvalue weighted by Crippen LogP contribution is 2.15. The number of anilines is 1. The maximum Gasteiger partial charge on any atom is 0.323 e. The highest BCUT2D eigenvalue weighted by molar-refractivity contribution is 6.02. The van der Waals surface area contributed by atoms with Crippen molar-refractivity contribution in [1.82, 2.24) is 25.1 Å². The number of benzene rings is 1. The molecule has 3 aromatic rings. The van der Waals surface area contributed by atoms with Crippen LogP contribution in [0.5, 0.6) is 0 Å². The van der Waals surface area contributed by atoms with E-state index in [9.17, 15) is 9.59 Å². The minimum atomic E-state index is -0.407. The van der Waals surface area contributed by atoms with E-state index in [1.807, 2.05) is 13.8 Å². The Morgan fingerprint density at radius 1 is 1.24 bits per heavy atom. The molecular formula is C13H14N6O2. The minimum absolute atomic E-state index is 0.0846. The monoisotopic (exact) mass is 286 g/mol. The minimum Gasteiger partial charge on any atom is -0.319 e. The lowest BCUT2D eigenvalue weighted by atomic mass is 10.2. The van der Waals surface area contributed by atoms with Gasteiger partial charge in [0.25, 0.3) is 5.91 Å². The number of fused-ring (bicyclic) bond motifs is 1. The number of hydrogen-bond donors (Lipinski definition) is 4.